The second kappa shape index (κ2) is 8.58. The van der Waals surface area contributed by atoms with Gasteiger partial charge in [0.2, 0.25) is 5.91 Å². The number of benzene rings is 2. The van der Waals surface area contributed by atoms with Gasteiger partial charge in [0.1, 0.15) is 11.6 Å². The molecule has 0 aliphatic carbocycles. The van der Waals surface area contributed by atoms with Crippen LogP contribution >= 0.6 is 11.8 Å². The Hall–Kier alpha value is -3.33. The van der Waals surface area contributed by atoms with Crippen molar-refractivity contribution in [2.24, 2.45) is 0 Å². The van der Waals surface area contributed by atoms with Crippen molar-refractivity contribution in [1.29, 1.82) is 0 Å². The molecule has 0 saturated carbocycles. The minimum absolute atomic E-state index is 0.130. The molecule has 4 rings (SSSR count). The summed E-state index contributed by atoms with van der Waals surface area (Å²) in [5, 5.41) is 3.14. The summed E-state index contributed by atoms with van der Waals surface area (Å²) >= 11 is 1.26. The van der Waals surface area contributed by atoms with Crippen molar-refractivity contribution >= 4 is 29.3 Å². The maximum Gasteiger partial charge on any atom is 0.262 e. The quantitative estimate of drug-likeness (QED) is 0.613. The van der Waals surface area contributed by atoms with Gasteiger partial charge in [-0.3, -0.25) is 9.59 Å². The summed E-state index contributed by atoms with van der Waals surface area (Å²) in [6, 6.07) is 13.2. The molecule has 154 valence electrons. The van der Waals surface area contributed by atoms with Gasteiger partial charge in [0.15, 0.2) is 11.3 Å². The number of ether oxygens (including phenoxy) is 1. The number of imidazole rings is 1. The molecule has 9 heteroatoms. The lowest BCUT2D eigenvalue weighted by Gasteiger charge is -2.33. The molecule has 1 aromatic heterocycles. The van der Waals surface area contributed by atoms with E-state index in [1.165, 1.54) is 30.9 Å². The number of anilines is 1. The van der Waals surface area contributed by atoms with E-state index < -0.39 is 6.10 Å². The Morgan fingerprint density at radius 3 is 2.80 bits per heavy atom. The average Bonchev–Trinajstić information content (AvgIpc) is 3.25. The minimum atomic E-state index is -0.771. The van der Waals surface area contributed by atoms with E-state index in [4.69, 9.17) is 4.74 Å². The maximum atomic E-state index is 13.1. The third-order valence-corrected chi connectivity index (χ3v) is 5.53. The van der Waals surface area contributed by atoms with Gasteiger partial charge < -0.3 is 19.9 Å². The Morgan fingerprint density at radius 1 is 1.27 bits per heavy atom. The first-order chi connectivity index (χ1) is 14.5. The van der Waals surface area contributed by atoms with Crippen LogP contribution in [0.25, 0.3) is 11.3 Å². The van der Waals surface area contributed by atoms with Gasteiger partial charge in [-0.2, -0.15) is 0 Å². The van der Waals surface area contributed by atoms with Crippen molar-refractivity contribution < 1.29 is 18.7 Å². The van der Waals surface area contributed by atoms with Crippen LogP contribution in [-0.4, -0.2) is 47.2 Å². The molecule has 1 aliphatic rings. The van der Waals surface area contributed by atoms with Crippen molar-refractivity contribution in [3.63, 3.8) is 0 Å². The minimum Gasteiger partial charge on any atom is -0.477 e. The van der Waals surface area contributed by atoms with Crippen LogP contribution < -0.4 is 15.0 Å². The molecule has 0 saturated heterocycles. The predicted octanol–water partition coefficient (Wildman–Crippen LogP) is 2.85. The number of likely N-dealkylation sites (N-methyl/N-ethyl adjacent to an activating group) is 1. The number of carbonyl (C=O) groups excluding carboxylic acids is 2. The Morgan fingerprint density at radius 2 is 2.03 bits per heavy atom. The Labute approximate surface area is 176 Å². The smallest absolute Gasteiger partial charge is 0.262 e. The number of para-hydroxylation sites is 2. The molecule has 0 radical (unpaired) electrons. The fraction of sp³-hybridized carbons (Fsp3) is 0.190. The molecule has 0 spiro atoms. The topological polar surface area (TPSA) is 87.3 Å². The molecular weight excluding hydrogens is 407 g/mol. The molecule has 2 amide bonds. The van der Waals surface area contributed by atoms with Gasteiger partial charge in [-0.25, -0.2) is 9.37 Å². The number of aromatic nitrogens is 2. The molecule has 3 aromatic rings. The number of carbonyl (C=O) groups is 2. The van der Waals surface area contributed by atoms with Crippen molar-refractivity contribution in [2.75, 3.05) is 24.2 Å². The first kappa shape index (κ1) is 20.0. The molecule has 2 aromatic carbocycles. The van der Waals surface area contributed by atoms with Crippen molar-refractivity contribution in [2.45, 2.75) is 11.3 Å². The summed E-state index contributed by atoms with van der Waals surface area (Å²) < 4.78 is 18.8. The zero-order chi connectivity index (χ0) is 21.1. The van der Waals surface area contributed by atoms with Crippen molar-refractivity contribution in [3.05, 3.63) is 60.5 Å². The van der Waals surface area contributed by atoms with E-state index in [0.29, 0.717) is 16.6 Å². The van der Waals surface area contributed by atoms with Crippen LogP contribution in [0.2, 0.25) is 0 Å². The number of fused-ring (bicyclic) bond motifs is 1. The van der Waals surface area contributed by atoms with Gasteiger partial charge in [-0.15, -0.1) is 0 Å². The van der Waals surface area contributed by atoms with Crippen LogP contribution in [0, 0.1) is 5.82 Å². The number of thioether (sulfide) groups is 1. The molecule has 30 heavy (non-hydrogen) atoms. The summed E-state index contributed by atoms with van der Waals surface area (Å²) in [6.45, 7) is 0.134. The predicted molar refractivity (Wildman–Crippen MR) is 112 cm³/mol. The average molecular weight is 426 g/mol. The van der Waals surface area contributed by atoms with E-state index >= 15 is 0 Å². The van der Waals surface area contributed by atoms with Crippen LogP contribution in [0.1, 0.15) is 0 Å². The Balaban J connectivity index is 1.46. The standard InChI is InChI=1S/C21H19FN4O3S/c1-23-20(28)18-11-26(16-4-2-3-5-17(16)29-18)19(27)12-30-21-24-10-15(25-21)13-6-8-14(22)9-7-13/h2-10,18H,11-12H2,1H3,(H,23,28)(H,24,25). The van der Waals surface area contributed by atoms with E-state index in [1.54, 1.807) is 41.4 Å². The summed E-state index contributed by atoms with van der Waals surface area (Å²) in [4.78, 5) is 34.0. The van der Waals surface area contributed by atoms with Crippen LogP contribution in [0.4, 0.5) is 10.1 Å². The maximum absolute atomic E-state index is 13.1. The molecule has 1 atom stereocenters. The highest BCUT2D eigenvalue weighted by Crippen LogP contribution is 2.34. The SMILES string of the molecule is CNC(=O)C1CN(C(=O)CSc2ncc(-c3ccc(F)cc3)[nH]2)c2ccccc2O1. The molecule has 1 unspecified atom stereocenters. The lowest BCUT2D eigenvalue weighted by Crippen LogP contribution is -2.50. The number of hydrogen-bond acceptors (Lipinski definition) is 5. The molecule has 1 aliphatic heterocycles. The van der Waals surface area contributed by atoms with E-state index in [9.17, 15) is 14.0 Å². The lowest BCUT2D eigenvalue weighted by atomic mass is 10.2. The van der Waals surface area contributed by atoms with E-state index in [2.05, 4.69) is 15.3 Å². The van der Waals surface area contributed by atoms with Gasteiger partial charge in [0.25, 0.3) is 5.91 Å². The zero-order valence-corrected chi connectivity index (χ0v) is 16.9. The summed E-state index contributed by atoms with van der Waals surface area (Å²) in [7, 11) is 1.53. The van der Waals surface area contributed by atoms with Crippen molar-refractivity contribution in [3.8, 4) is 17.0 Å². The molecule has 7 nitrogen and oxygen atoms in total. The molecule has 2 N–H and O–H groups in total. The number of H-pyrrole nitrogens is 1. The number of aromatic amines is 1. The van der Waals surface area contributed by atoms with E-state index in [1.807, 2.05) is 6.07 Å². The summed E-state index contributed by atoms with van der Waals surface area (Å²) in [5.41, 5.74) is 2.17. The molecule has 0 bridgehead atoms. The first-order valence-corrected chi connectivity index (χ1v) is 10.2. The lowest BCUT2D eigenvalue weighted by molar-refractivity contribution is -0.127. The Kier molecular flexibility index (Phi) is 5.71. The number of hydrogen-bond donors (Lipinski definition) is 2. The molecule has 0 fully saturated rings. The summed E-state index contributed by atoms with van der Waals surface area (Å²) in [6.07, 6.45) is 0.874. The number of halogens is 1. The van der Waals surface area contributed by atoms with Gasteiger partial charge in [-0.1, -0.05) is 23.9 Å². The van der Waals surface area contributed by atoms with E-state index in [0.717, 1.165) is 11.3 Å². The molecule has 2 heterocycles. The monoisotopic (exact) mass is 426 g/mol. The van der Waals surface area contributed by atoms with E-state index in [-0.39, 0.29) is 29.9 Å². The second-order valence-electron chi connectivity index (χ2n) is 6.59. The van der Waals surface area contributed by atoms with Crippen LogP contribution in [0.3, 0.4) is 0 Å². The highest BCUT2D eigenvalue weighted by atomic mass is 32.2. The van der Waals surface area contributed by atoms with Gasteiger partial charge in [0.05, 0.1) is 29.9 Å². The van der Waals surface area contributed by atoms with Crippen LogP contribution in [0.15, 0.2) is 59.9 Å². The molecular formula is C21H19FN4O3S. The largest absolute Gasteiger partial charge is 0.477 e. The van der Waals surface area contributed by atoms with Crippen LogP contribution in [0.5, 0.6) is 5.75 Å². The number of rotatable bonds is 5. The second-order valence-corrected chi connectivity index (χ2v) is 7.55. The fourth-order valence-corrected chi connectivity index (χ4v) is 3.85. The zero-order valence-electron chi connectivity index (χ0n) is 16.1. The Bertz CT molecular complexity index is 1070. The van der Waals surface area contributed by atoms with Gasteiger partial charge in [-0.05, 0) is 42.0 Å². The summed E-state index contributed by atoms with van der Waals surface area (Å²) in [5.74, 6) is -0.133. The normalized spacial score (nSPS) is 15.3. The number of nitrogens with zero attached hydrogens (tertiary/aromatic N) is 2. The highest BCUT2D eigenvalue weighted by molar-refractivity contribution is 7.99. The van der Waals surface area contributed by atoms with Gasteiger partial charge in [0, 0.05) is 7.05 Å². The van der Waals surface area contributed by atoms with Crippen LogP contribution in [-0.2, 0) is 9.59 Å². The third-order valence-electron chi connectivity index (χ3n) is 4.65. The van der Waals surface area contributed by atoms with Crippen molar-refractivity contribution in [1.82, 2.24) is 15.3 Å². The first-order valence-electron chi connectivity index (χ1n) is 9.26. The third kappa shape index (κ3) is 4.16. The number of amides is 2. The number of nitrogens with one attached hydrogen (secondary N) is 2. The highest BCUT2D eigenvalue weighted by Gasteiger charge is 2.33. The van der Waals surface area contributed by atoms with Gasteiger partial charge >= 0.3 is 0 Å². The fourth-order valence-electron chi connectivity index (χ4n) is 3.13.